The molecule has 3 atom stereocenters. The van der Waals surface area contributed by atoms with Crippen LogP contribution in [0.4, 0.5) is 0 Å². The highest BCUT2D eigenvalue weighted by atomic mass is 16.7. The maximum Gasteiger partial charge on any atom is 0.270 e. The average molecular weight is 684 g/mol. The van der Waals surface area contributed by atoms with Gasteiger partial charge >= 0.3 is 0 Å². The van der Waals surface area contributed by atoms with E-state index in [1.165, 1.54) is 24.5 Å². The van der Waals surface area contributed by atoms with Crippen molar-refractivity contribution in [2.24, 2.45) is 17.4 Å². The third kappa shape index (κ3) is 13.8. The number of nitrogens with one attached hydrogen (secondary N) is 3. The van der Waals surface area contributed by atoms with Crippen molar-refractivity contribution in [3.05, 3.63) is 95.1 Å². The number of hydroxylamine groups is 2. The molecule has 2 rings (SSSR count). The molecule has 2 aromatic rings. The molecule has 0 radical (unpaired) electrons. The number of benzene rings is 2. The SMILES string of the molecule is CC/C=C/C#Cc1ccc(C(=O)CCC[C@H](C(=O)NOC(C)(N)[C@H](NC(=O)c2ccc(C#C/C=C/CCC)cc2)C(=O)NO)C(C)(C)N)cc1. The first-order valence-corrected chi connectivity index (χ1v) is 16.6. The number of ketones is 1. The van der Waals surface area contributed by atoms with Crippen molar-refractivity contribution in [3.63, 3.8) is 0 Å². The number of hydrogen-bond donors (Lipinski definition) is 6. The van der Waals surface area contributed by atoms with Gasteiger partial charge in [0.2, 0.25) is 5.91 Å². The summed E-state index contributed by atoms with van der Waals surface area (Å²) in [5.41, 5.74) is 15.4. The Hall–Kier alpha value is -5.04. The van der Waals surface area contributed by atoms with Crippen LogP contribution in [0.25, 0.3) is 0 Å². The smallest absolute Gasteiger partial charge is 0.270 e. The van der Waals surface area contributed by atoms with Crippen molar-refractivity contribution in [3.8, 4) is 23.7 Å². The fourth-order valence-corrected chi connectivity index (χ4v) is 4.67. The first-order valence-electron chi connectivity index (χ1n) is 16.6. The first-order chi connectivity index (χ1) is 23.7. The molecule has 1 unspecified atom stereocenters. The number of allylic oxidation sites excluding steroid dienone is 4. The predicted octanol–water partition coefficient (Wildman–Crippen LogP) is 4.45. The Morgan fingerprint density at radius 2 is 1.42 bits per heavy atom. The summed E-state index contributed by atoms with van der Waals surface area (Å²) >= 11 is 0. The second-order valence-corrected chi connectivity index (χ2v) is 12.5. The topological polar surface area (TPSA) is 186 Å². The Kier molecular flexibility index (Phi) is 16.8. The normalized spacial score (nSPS) is 13.6. The number of carbonyl (C=O) groups excluding carboxylic acids is 4. The number of nitrogens with two attached hydrogens (primary N) is 2. The van der Waals surface area contributed by atoms with Gasteiger partial charge in [-0.05, 0) is 95.0 Å². The summed E-state index contributed by atoms with van der Waals surface area (Å²) in [7, 11) is 0. The minimum absolute atomic E-state index is 0.0918. The second kappa shape index (κ2) is 20.5. The highest BCUT2D eigenvalue weighted by Gasteiger charge is 2.41. The van der Waals surface area contributed by atoms with E-state index >= 15 is 0 Å². The van der Waals surface area contributed by atoms with Crippen LogP contribution < -0.4 is 27.7 Å². The third-order valence-electron chi connectivity index (χ3n) is 7.58. The van der Waals surface area contributed by atoms with Crippen LogP contribution in [-0.4, -0.2) is 46.0 Å². The lowest BCUT2D eigenvalue weighted by Crippen LogP contribution is -2.66. The molecule has 3 amide bonds. The van der Waals surface area contributed by atoms with E-state index in [9.17, 15) is 24.4 Å². The van der Waals surface area contributed by atoms with Crippen LogP contribution in [0.1, 0.15) is 105 Å². The summed E-state index contributed by atoms with van der Waals surface area (Å²) in [4.78, 5) is 57.2. The molecule has 0 saturated heterocycles. The van der Waals surface area contributed by atoms with E-state index in [1.807, 2.05) is 19.1 Å². The Balaban J connectivity index is 2.04. The highest BCUT2D eigenvalue weighted by molar-refractivity contribution is 5.98. The van der Waals surface area contributed by atoms with Crippen molar-refractivity contribution in [2.45, 2.75) is 90.4 Å². The van der Waals surface area contributed by atoms with Crippen LogP contribution in [0.3, 0.4) is 0 Å². The lowest BCUT2D eigenvalue weighted by Gasteiger charge is -2.34. The molecule has 0 aliphatic rings. The van der Waals surface area contributed by atoms with Gasteiger partial charge in [-0.3, -0.25) is 30.1 Å². The minimum Gasteiger partial charge on any atom is -0.336 e. The van der Waals surface area contributed by atoms with E-state index in [0.717, 1.165) is 24.8 Å². The molecular formula is C39H49N5O6. The molecule has 0 aliphatic heterocycles. The fourth-order valence-electron chi connectivity index (χ4n) is 4.67. The van der Waals surface area contributed by atoms with E-state index in [2.05, 4.69) is 41.4 Å². The molecule has 266 valence electrons. The Morgan fingerprint density at radius 3 is 1.94 bits per heavy atom. The molecule has 0 spiro atoms. The summed E-state index contributed by atoms with van der Waals surface area (Å²) < 4.78 is 0. The monoisotopic (exact) mass is 683 g/mol. The van der Waals surface area contributed by atoms with Gasteiger partial charge in [-0.1, -0.05) is 68.2 Å². The Morgan fingerprint density at radius 1 is 0.860 bits per heavy atom. The average Bonchev–Trinajstić information content (AvgIpc) is 3.09. The maximum atomic E-state index is 13.3. The molecule has 0 bridgehead atoms. The maximum absolute atomic E-state index is 13.3. The summed E-state index contributed by atoms with van der Waals surface area (Å²) in [6.07, 6.45) is 11.1. The van der Waals surface area contributed by atoms with Crippen LogP contribution in [0, 0.1) is 29.6 Å². The zero-order chi connectivity index (χ0) is 37.2. The Bertz CT molecular complexity index is 1630. The summed E-state index contributed by atoms with van der Waals surface area (Å²) in [5.74, 6) is 8.53. The van der Waals surface area contributed by atoms with Gasteiger partial charge in [-0.15, -0.1) is 0 Å². The van der Waals surface area contributed by atoms with Crippen molar-refractivity contribution in [2.75, 3.05) is 0 Å². The lowest BCUT2D eigenvalue weighted by atomic mass is 9.83. The Labute approximate surface area is 295 Å². The van der Waals surface area contributed by atoms with Crippen LogP contribution in [0.2, 0.25) is 0 Å². The van der Waals surface area contributed by atoms with Gasteiger partial charge in [0, 0.05) is 34.2 Å². The van der Waals surface area contributed by atoms with E-state index in [1.54, 1.807) is 62.4 Å². The van der Waals surface area contributed by atoms with Crippen LogP contribution in [0.5, 0.6) is 0 Å². The van der Waals surface area contributed by atoms with Crippen molar-refractivity contribution >= 4 is 23.5 Å². The zero-order valence-corrected chi connectivity index (χ0v) is 29.5. The van der Waals surface area contributed by atoms with E-state index in [0.29, 0.717) is 17.5 Å². The lowest BCUT2D eigenvalue weighted by molar-refractivity contribution is -0.166. The van der Waals surface area contributed by atoms with Gasteiger partial charge in [0.1, 0.15) is 0 Å². The first kappa shape index (κ1) is 41.1. The van der Waals surface area contributed by atoms with Gasteiger partial charge in [0.05, 0.1) is 5.92 Å². The van der Waals surface area contributed by atoms with Crippen molar-refractivity contribution in [1.82, 2.24) is 16.3 Å². The van der Waals surface area contributed by atoms with E-state index < -0.39 is 40.9 Å². The molecule has 0 aromatic heterocycles. The summed E-state index contributed by atoms with van der Waals surface area (Å²) in [6.45, 7) is 8.68. The second-order valence-electron chi connectivity index (χ2n) is 12.5. The minimum atomic E-state index is -2.03. The third-order valence-corrected chi connectivity index (χ3v) is 7.58. The number of unbranched alkanes of at least 4 members (excludes halogenated alkanes) is 1. The molecule has 11 nitrogen and oxygen atoms in total. The zero-order valence-electron chi connectivity index (χ0n) is 29.5. The number of rotatable bonds is 16. The fraction of sp³-hybridized carbons (Fsp3) is 0.385. The molecule has 11 heteroatoms. The molecule has 2 aromatic carbocycles. The molecule has 0 heterocycles. The standard InChI is InChI=1S/C39H49N5O6/c1-6-8-10-12-14-17-29-22-26-31(27-23-29)35(46)42-34(37(48)43-49)39(5,41)50-44-36(47)32(38(3,4)40)18-15-19-33(45)30-24-20-28(21-25-30)16-13-11-9-7-2/h9-12,20-27,32,34,49H,6-8,15,18-19,40-41H2,1-5H3,(H,42,46)(H,43,48)(H,44,47)/b11-9+,12-10+/t32-,34-,39?/m1/s1. The van der Waals surface area contributed by atoms with E-state index in [4.69, 9.17) is 16.3 Å². The number of carbonyl (C=O) groups is 4. The van der Waals surface area contributed by atoms with Gasteiger partial charge in [-0.2, -0.15) is 0 Å². The van der Waals surface area contributed by atoms with Crippen molar-refractivity contribution in [1.29, 1.82) is 0 Å². The number of hydrogen-bond acceptors (Lipinski definition) is 8. The predicted molar refractivity (Wildman–Crippen MR) is 193 cm³/mol. The largest absolute Gasteiger partial charge is 0.336 e. The molecule has 0 saturated carbocycles. The molecule has 8 N–H and O–H groups in total. The molecule has 50 heavy (non-hydrogen) atoms. The number of amides is 3. The molecule has 0 aliphatic carbocycles. The summed E-state index contributed by atoms with van der Waals surface area (Å²) in [6, 6.07) is 11.7. The van der Waals surface area contributed by atoms with Gasteiger partial charge in [0.15, 0.2) is 17.6 Å². The van der Waals surface area contributed by atoms with Gasteiger partial charge in [-0.25, -0.2) is 15.8 Å². The van der Waals surface area contributed by atoms with Crippen LogP contribution in [-0.2, 0) is 14.4 Å². The van der Waals surface area contributed by atoms with Crippen molar-refractivity contribution < 1.29 is 29.2 Å². The molecule has 0 fully saturated rings. The summed E-state index contributed by atoms with van der Waals surface area (Å²) in [5, 5.41) is 11.8. The van der Waals surface area contributed by atoms with Gasteiger partial charge in [0.25, 0.3) is 11.8 Å². The quantitative estimate of drug-likeness (QED) is 0.0493. The van der Waals surface area contributed by atoms with Crippen LogP contribution >= 0.6 is 0 Å². The van der Waals surface area contributed by atoms with Crippen LogP contribution in [0.15, 0.2) is 72.8 Å². The van der Waals surface area contributed by atoms with Gasteiger partial charge < -0.3 is 11.1 Å². The molecular weight excluding hydrogens is 634 g/mol. The number of Topliss-reactive ketones (excluding diaryl/α,β-unsaturated/α-hetero) is 1. The van der Waals surface area contributed by atoms with E-state index in [-0.39, 0.29) is 24.2 Å². The highest BCUT2D eigenvalue weighted by Crippen LogP contribution is 2.22.